The van der Waals surface area contributed by atoms with Crippen molar-refractivity contribution in [1.29, 1.82) is 0 Å². The maximum Gasteiger partial charge on any atom is 0.126 e. The number of aromatic hydroxyl groups is 1. The van der Waals surface area contributed by atoms with Gasteiger partial charge in [-0.2, -0.15) is 14.0 Å². The number of phenols is 1. The summed E-state index contributed by atoms with van der Waals surface area (Å²) in [6.45, 7) is 0. The minimum Gasteiger partial charge on any atom is -0.508 e. The van der Waals surface area contributed by atoms with Crippen molar-refractivity contribution in [2.75, 3.05) is 11.5 Å². The Morgan fingerprint density at radius 2 is 1.56 bits per heavy atom. The van der Waals surface area contributed by atoms with Gasteiger partial charge in [-0.15, -0.1) is 0 Å². The van der Waals surface area contributed by atoms with Crippen molar-refractivity contribution in [1.82, 2.24) is 0 Å². The highest BCUT2D eigenvalue weighted by Crippen LogP contribution is 2.61. The van der Waals surface area contributed by atoms with Gasteiger partial charge >= 0.3 is 0 Å². The molecule has 1 fully saturated rings. The summed E-state index contributed by atoms with van der Waals surface area (Å²) in [5.41, 5.74) is 0. The first-order valence-corrected chi connectivity index (χ1v) is 8.74. The van der Waals surface area contributed by atoms with Crippen LogP contribution in [0.3, 0.4) is 0 Å². The van der Waals surface area contributed by atoms with E-state index in [1.807, 2.05) is 0 Å². The summed E-state index contributed by atoms with van der Waals surface area (Å²) in [5, 5.41) is 9.26. The molecular formula is C11H15ClO5S. The summed E-state index contributed by atoms with van der Waals surface area (Å²) in [7, 11) is -6.50. The van der Waals surface area contributed by atoms with Gasteiger partial charge in [0.25, 0.3) is 0 Å². The van der Waals surface area contributed by atoms with Gasteiger partial charge in [0.1, 0.15) is 9.49 Å². The molecule has 1 aliphatic heterocycles. The van der Waals surface area contributed by atoms with E-state index in [1.54, 1.807) is 12.1 Å². The first-order chi connectivity index (χ1) is 8.41. The monoisotopic (exact) mass is 294 g/mol. The number of hydrogen-bond donors (Lipinski definition) is 1. The first-order valence-electron chi connectivity index (χ1n) is 5.61. The van der Waals surface area contributed by atoms with Crippen molar-refractivity contribution in [3.05, 3.63) is 24.3 Å². The van der Waals surface area contributed by atoms with E-state index in [-0.39, 0.29) is 5.75 Å². The molecule has 1 aliphatic rings. The second kappa shape index (κ2) is 5.24. The van der Waals surface area contributed by atoms with Gasteiger partial charge in [-0.05, 0) is 37.1 Å². The summed E-state index contributed by atoms with van der Waals surface area (Å²) in [4.78, 5) is 0.701. The lowest BCUT2D eigenvalue weighted by Gasteiger charge is -2.36. The fourth-order valence-electron chi connectivity index (χ4n) is 2.13. The van der Waals surface area contributed by atoms with Crippen molar-refractivity contribution < 1.29 is 33.1 Å². The molecule has 0 bridgehead atoms. The second-order valence-corrected chi connectivity index (χ2v) is 8.39. The Hall–Kier alpha value is -0.500. The van der Waals surface area contributed by atoms with E-state index >= 15 is 0 Å². The maximum atomic E-state index is 10.9. The fraction of sp³-hybridized carbons (Fsp3) is 0.455. The number of halogens is 1. The van der Waals surface area contributed by atoms with E-state index < -0.39 is 20.6 Å². The van der Waals surface area contributed by atoms with Crippen LogP contribution in [0.2, 0.25) is 0 Å². The van der Waals surface area contributed by atoms with Gasteiger partial charge in [-0.1, -0.05) is 6.42 Å². The zero-order valence-electron chi connectivity index (χ0n) is 9.71. The minimum atomic E-state index is -4.43. The Morgan fingerprint density at radius 3 is 2.06 bits per heavy atom. The standard InChI is InChI=1S/C11H15ClO5S/c13-10-4-6-11(7-5-10)18(17-12(14,15)16)8-2-1-3-9-18/h4-7,13H,1-3,8-9H2. The lowest BCUT2D eigenvalue weighted by molar-refractivity contribution is -1.91. The molecule has 0 saturated carbocycles. The maximum absolute atomic E-state index is 10.9. The molecule has 2 rings (SSSR count). The van der Waals surface area contributed by atoms with Gasteiger partial charge in [0.05, 0.1) is 10.2 Å². The molecule has 0 radical (unpaired) electrons. The summed E-state index contributed by atoms with van der Waals surface area (Å²) < 4.78 is 37.6. The van der Waals surface area contributed by atoms with Crippen LogP contribution in [0.25, 0.3) is 0 Å². The molecule has 0 spiro atoms. The van der Waals surface area contributed by atoms with Crippen LogP contribution in [0.15, 0.2) is 29.2 Å². The topological polar surface area (TPSA) is 98.6 Å². The molecule has 0 aromatic heterocycles. The van der Waals surface area contributed by atoms with Crippen LogP contribution in [-0.4, -0.2) is 16.6 Å². The first kappa shape index (κ1) is 13.9. The number of benzene rings is 1. The third-order valence-corrected chi connectivity index (χ3v) is 7.52. The molecule has 102 valence electrons. The summed E-state index contributed by atoms with van der Waals surface area (Å²) >= 11 is 0. The Morgan fingerprint density at radius 1 is 1.00 bits per heavy atom. The van der Waals surface area contributed by atoms with Crippen molar-refractivity contribution >= 4 is 10.3 Å². The van der Waals surface area contributed by atoms with Gasteiger partial charge in [0.2, 0.25) is 0 Å². The molecule has 1 heterocycles. The number of phenolic OH excluding ortho intramolecular Hbond substituents is 1. The zero-order valence-corrected chi connectivity index (χ0v) is 11.3. The van der Waals surface area contributed by atoms with Crippen molar-refractivity contribution in [3.8, 4) is 5.75 Å². The predicted molar refractivity (Wildman–Crippen MR) is 58.6 cm³/mol. The smallest absolute Gasteiger partial charge is 0.126 e. The molecule has 5 nitrogen and oxygen atoms in total. The van der Waals surface area contributed by atoms with E-state index in [0.29, 0.717) is 16.4 Å². The Balaban J connectivity index is 2.32. The molecule has 0 amide bonds. The van der Waals surface area contributed by atoms with Crippen LogP contribution in [0.4, 0.5) is 0 Å². The summed E-state index contributed by atoms with van der Waals surface area (Å²) in [6.07, 6.45) is 2.72. The second-order valence-electron chi connectivity index (χ2n) is 4.22. The summed E-state index contributed by atoms with van der Waals surface area (Å²) in [5.74, 6) is 1.25. The molecule has 1 N–H and O–H groups in total. The van der Waals surface area contributed by atoms with Gasteiger partial charge < -0.3 is 5.11 Å². The van der Waals surface area contributed by atoms with Gasteiger partial charge in [0, 0.05) is 26.7 Å². The van der Waals surface area contributed by atoms with E-state index in [1.165, 1.54) is 12.1 Å². The van der Waals surface area contributed by atoms with Crippen LogP contribution in [-0.2, 0) is 3.74 Å². The third kappa shape index (κ3) is 3.28. The van der Waals surface area contributed by atoms with Crippen molar-refractivity contribution in [2.24, 2.45) is 0 Å². The molecule has 1 aromatic carbocycles. The van der Waals surface area contributed by atoms with Crippen LogP contribution in [0, 0.1) is 10.2 Å². The molecule has 7 heteroatoms. The average molecular weight is 295 g/mol. The van der Waals surface area contributed by atoms with Crippen molar-refractivity contribution in [2.45, 2.75) is 24.2 Å². The van der Waals surface area contributed by atoms with E-state index in [4.69, 9.17) is 3.74 Å². The number of hydrogen-bond acceptors (Lipinski definition) is 5. The minimum absolute atomic E-state index is 0.103. The highest BCUT2D eigenvalue weighted by atomic mass is 35.7. The molecule has 0 atom stereocenters. The Kier molecular flexibility index (Phi) is 4.05. The van der Waals surface area contributed by atoms with Crippen LogP contribution in [0.5, 0.6) is 5.75 Å². The molecule has 0 aliphatic carbocycles. The van der Waals surface area contributed by atoms with E-state index in [2.05, 4.69) is 0 Å². The average Bonchev–Trinajstić information content (AvgIpc) is 2.28. The van der Waals surface area contributed by atoms with Gasteiger partial charge in [-0.25, -0.2) is 0 Å². The Bertz CT molecular complexity index is 397. The van der Waals surface area contributed by atoms with Crippen LogP contribution < -0.4 is 14.0 Å². The SMILES string of the molecule is [O-][Cl+3]([O-])([O-])OS1(c2ccc(O)cc2)CCCCC1. The largest absolute Gasteiger partial charge is 0.508 e. The molecule has 18 heavy (non-hydrogen) atoms. The molecule has 1 saturated heterocycles. The fourth-order valence-corrected chi connectivity index (χ4v) is 6.75. The molecule has 1 aromatic rings. The van der Waals surface area contributed by atoms with Crippen molar-refractivity contribution in [3.63, 3.8) is 0 Å². The quantitative estimate of drug-likeness (QED) is 0.815. The highest BCUT2D eigenvalue weighted by molar-refractivity contribution is 8.29. The lowest BCUT2D eigenvalue weighted by Crippen LogP contribution is -2.61. The van der Waals surface area contributed by atoms with E-state index in [0.717, 1.165) is 19.3 Å². The van der Waals surface area contributed by atoms with Crippen LogP contribution in [0.1, 0.15) is 19.3 Å². The Labute approximate surface area is 109 Å². The lowest BCUT2D eigenvalue weighted by atomic mass is 10.3. The van der Waals surface area contributed by atoms with Gasteiger partial charge in [-0.3, -0.25) is 0 Å². The predicted octanol–water partition coefficient (Wildman–Crippen LogP) is -0.432. The van der Waals surface area contributed by atoms with Gasteiger partial charge in [0.15, 0.2) is 0 Å². The summed E-state index contributed by atoms with van der Waals surface area (Å²) in [6, 6.07) is 6.24. The third-order valence-electron chi connectivity index (χ3n) is 2.91. The van der Waals surface area contributed by atoms with E-state index in [9.17, 15) is 19.1 Å². The molecular weight excluding hydrogens is 280 g/mol. The van der Waals surface area contributed by atoms with Crippen LogP contribution >= 0.6 is 10.3 Å². The molecule has 0 unspecified atom stereocenters. The zero-order chi connectivity index (χ0) is 13.2. The normalized spacial score (nSPS) is 21.5. The highest BCUT2D eigenvalue weighted by Gasteiger charge is 2.43. The number of rotatable bonds is 3.